The van der Waals surface area contributed by atoms with Crippen molar-refractivity contribution in [2.24, 2.45) is 11.3 Å². The maximum Gasteiger partial charge on any atom is 0.191 e. The Morgan fingerprint density at radius 1 is 1.41 bits per heavy atom. The van der Waals surface area contributed by atoms with Crippen LogP contribution in [0, 0.1) is 11.3 Å². The number of nitrogens with zero attached hydrogens (tertiary/aromatic N) is 4. The molecule has 6 atom stereocenters. The van der Waals surface area contributed by atoms with E-state index in [2.05, 4.69) is 15.0 Å². The molecule has 0 aromatic carbocycles. The summed E-state index contributed by atoms with van der Waals surface area (Å²) in [6.07, 6.45) is 2.29. The van der Waals surface area contributed by atoms with Crippen LogP contribution >= 0.6 is 11.8 Å². The van der Waals surface area contributed by atoms with Gasteiger partial charge in [-0.3, -0.25) is 0 Å². The third-order valence-corrected chi connectivity index (χ3v) is 6.29. The van der Waals surface area contributed by atoms with Gasteiger partial charge in [-0.15, -0.1) is 0 Å². The average molecular weight is 321 g/mol. The minimum absolute atomic E-state index is 0.0359. The number of hydrogen-bond acceptors (Lipinski definition) is 8. The number of aliphatic hydroxyl groups excluding tert-OH is 2. The number of rotatable bonds is 2. The second-order valence-corrected chi connectivity index (χ2v) is 7.21. The van der Waals surface area contributed by atoms with Crippen molar-refractivity contribution in [3.8, 4) is 0 Å². The molecule has 3 fully saturated rings. The summed E-state index contributed by atoms with van der Waals surface area (Å²) in [6, 6.07) is -0.345. The van der Waals surface area contributed by atoms with E-state index in [0.717, 1.165) is 0 Å². The van der Waals surface area contributed by atoms with Crippen molar-refractivity contribution in [3.63, 3.8) is 0 Å². The Hall–Kier alpha value is -1.42. The van der Waals surface area contributed by atoms with E-state index in [1.807, 2.05) is 6.26 Å². The molecule has 2 aromatic heterocycles. The second kappa shape index (κ2) is 3.56. The van der Waals surface area contributed by atoms with Crippen molar-refractivity contribution in [1.82, 2.24) is 19.5 Å². The van der Waals surface area contributed by atoms with E-state index in [9.17, 15) is 15.3 Å². The Morgan fingerprint density at radius 2 is 2.18 bits per heavy atom. The lowest BCUT2D eigenvalue weighted by Crippen LogP contribution is -2.38. The molecule has 3 aliphatic carbocycles. The van der Waals surface area contributed by atoms with Gasteiger partial charge < -0.3 is 25.6 Å². The van der Waals surface area contributed by atoms with Crippen LogP contribution < -0.4 is 5.73 Å². The zero-order valence-corrected chi connectivity index (χ0v) is 12.5. The zero-order valence-electron chi connectivity index (χ0n) is 11.7. The van der Waals surface area contributed by atoms with Crippen LogP contribution in [0.1, 0.15) is 12.5 Å². The largest absolute Gasteiger partial charge is 0.389 e. The summed E-state index contributed by atoms with van der Waals surface area (Å²) < 4.78 is 1.77. The van der Waals surface area contributed by atoms with Gasteiger partial charge in [0.1, 0.15) is 17.2 Å². The number of fused-ring (bicyclic) bond motifs is 1. The van der Waals surface area contributed by atoms with Crippen molar-refractivity contribution < 1.29 is 15.3 Å². The summed E-state index contributed by atoms with van der Waals surface area (Å²) >= 11 is 1.38. The standard InChI is InChI=1S/C13H15N5O3S/c1-22-11-16-8(14)5-9(17-11)18(3-15-5)6-4-2-12(4)10(20)13(12,21)7(6)19/h3-4,6-7,10,19-21H,2H2,1H3,(H2,14,16,17)/t4-,6-,7?,10?,12-,13?/m1/s1. The van der Waals surface area contributed by atoms with Gasteiger partial charge >= 0.3 is 0 Å². The van der Waals surface area contributed by atoms with Crippen molar-refractivity contribution in [3.05, 3.63) is 6.33 Å². The number of hydrogen-bond donors (Lipinski definition) is 4. The first-order valence-electron chi connectivity index (χ1n) is 7.09. The van der Waals surface area contributed by atoms with Gasteiger partial charge in [-0.05, 0) is 18.6 Å². The maximum atomic E-state index is 10.5. The van der Waals surface area contributed by atoms with Gasteiger partial charge in [0, 0.05) is 5.41 Å². The molecule has 3 unspecified atom stereocenters. The summed E-state index contributed by atoms with van der Waals surface area (Å²) in [4.78, 5) is 12.9. The number of nitrogen functional groups attached to an aromatic ring is 1. The first kappa shape index (κ1) is 13.1. The molecule has 0 saturated heterocycles. The van der Waals surface area contributed by atoms with Crippen molar-refractivity contribution in [2.75, 3.05) is 12.0 Å². The molecule has 3 aliphatic rings. The lowest BCUT2D eigenvalue weighted by atomic mass is 10.0. The van der Waals surface area contributed by atoms with Crippen molar-refractivity contribution in [1.29, 1.82) is 0 Å². The van der Waals surface area contributed by atoms with Crippen LogP contribution in [-0.2, 0) is 0 Å². The van der Waals surface area contributed by atoms with Crippen LogP contribution in [0.2, 0.25) is 0 Å². The highest BCUT2D eigenvalue weighted by Crippen LogP contribution is 2.86. The molecule has 0 amide bonds. The number of imidazole rings is 1. The van der Waals surface area contributed by atoms with Crippen molar-refractivity contribution in [2.45, 2.75) is 35.4 Å². The molecule has 0 bridgehead atoms. The average Bonchev–Trinajstić information content (AvgIpc) is 3.23. The summed E-state index contributed by atoms with van der Waals surface area (Å²) in [6.45, 7) is 0. The van der Waals surface area contributed by atoms with Gasteiger partial charge in [0.2, 0.25) is 0 Å². The molecule has 2 aromatic rings. The number of nitrogens with two attached hydrogens (primary N) is 1. The minimum Gasteiger partial charge on any atom is -0.389 e. The van der Waals surface area contributed by atoms with Gasteiger partial charge in [-0.2, -0.15) is 0 Å². The Balaban J connectivity index is 1.66. The topological polar surface area (TPSA) is 130 Å². The summed E-state index contributed by atoms with van der Waals surface area (Å²) in [5.74, 6) is 0.337. The molecule has 8 nitrogen and oxygen atoms in total. The van der Waals surface area contributed by atoms with E-state index >= 15 is 0 Å². The van der Waals surface area contributed by atoms with Gasteiger partial charge in [0.25, 0.3) is 0 Å². The molecule has 0 radical (unpaired) electrons. The van der Waals surface area contributed by atoms with Crippen LogP contribution in [0.5, 0.6) is 0 Å². The Morgan fingerprint density at radius 3 is 2.82 bits per heavy atom. The van der Waals surface area contributed by atoms with Crippen LogP contribution in [0.25, 0.3) is 11.2 Å². The van der Waals surface area contributed by atoms with E-state index in [1.165, 1.54) is 11.8 Å². The molecule has 3 saturated carbocycles. The molecule has 116 valence electrons. The number of aromatic nitrogens is 4. The first-order valence-corrected chi connectivity index (χ1v) is 8.32. The normalized spacial score (nSPS) is 44.9. The van der Waals surface area contributed by atoms with Crippen LogP contribution in [0.3, 0.4) is 0 Å². The Kier molecular flexibility index (Phi) is 2.11. The van der Waals surface area contributed by atoms with Gasteiger partial charge in [-0.25, -0.2) is 15.0 Å². The lowest BCUT2D eigenvalue weighted by molar-refractivity contribution is -0.0479. The van der Waals surface area contributed by atoms with Crippen LogP contribution in [0.15, 0.2) is 11.5 Å². The summed E-state index contributed by atoms with van der Waals surface area (Å²) in [5, 5.41) is 31.5. The van der Waals surface area contributed by atoms with E-state index < -0.39 is 23.2 Å². The molecule has 5 N–H and O–H groups in total. The molecular weight excluding hydrogens is 306 g/mol. The van der Waals surface area contributed by atoms with Crippen molar-refractivity contribution >= 4 is 28.7 Å². The van der Waals surface area contributed by atoms with Crippen LogP contribution in [-0.4, -0.2) is 58.9 Å². The SMILES string of the molecule is CSc1nc(N)c2ncn([C@H]3C(O)C4(O)C(O)[C@]45C[C@H]35)c2n1. The Bertz CT molecular complexity index is 827. The highest BCUT2D eigenvalue weighted by atomic mass is 32.2. The first-order chi connectivity index (χ1) is 10.5. The van der Waals surface area contributed by atoms with Crippen LogP contribution in [0.4, 0.5) is 5.82 Å². The summed E-state index contributed by atoms with van der Waals surface area (Å²) in [5.41, 5.74) is 5.04. The summed E-state index contributed by atoms with van der Waals surface area (Å²) in [7, 11) is 0. The van der Waals surface area contributed by atoms with E-state index in [4.69, 9.17) is 5.73 Å². The molecule has 2 heterocycles. The zero-order chi connectivity index (χ0) is 15.4. The predicted molar refractivity (Wildman–Crippen MR) is 78.1 cm³/mol. The van der Waals surface area contributed by atoms with E-state index in [1.54, 1.807) is 10.9 Å². The molecule has 22 heavy (non-hydrogen) atoms. The predicted octanol–water partition coefficient (Wildman–Crippen LogP) is -0.842. The highest BCUT2D eigenvalue weighted by Gasteiger charge is 2.96. The molecule has 1 spiro atoms. The fourth-order valence-electron chi connectivity index (χ4n) is 4.54. The van der Waals surface area contributed by atoms with E-state index in [0.29, 0.717) is 28.6 Å². The fraction of sp³-hybridized carbons (Fsp3) is 0.615. The van der Waals surface area contributed by atoms with Gasteiger partial charge in [-0.1, -0.05) is 11.8 Å². The smallest absolute Gasteiger partial charge is 0.191 e. The van der Waals surface area contributed by atoms with E-state index in [-0.39, 0.29) is 12.0 Å². The molecule has 5 rings (SSSR count). The minimum atomic E-state index is -1.39. The monoisotopic (exact) mass is 321 g/mol. The molecular formula is C13H15N5O3S. The van der Waals surface area contributed by atoms with Gasteiger partial charge in [0.15, 0.2) is 16.6 Å². The highest BCUT2D eigenvalue weighted by molar-refractivity contribution is 7.98. The molecule has 0 aliphatic heterocycles. The molecule has 9 heteroatoms. The lowest BCUT2D eigenvalue weighted by Gasteiger charge is -2.25. The number of anilines is 1. The quantitative estimate of drug-likeness (QED) is 0.416. The Labute approximate surface area is 129 Å². The maximum absolute atomic E-state index is 10.5. The third kappa shape index (κ3) is 1.12. The number of thioether (sulfide) groups is 1. The fourth-order valence-corrected chi connectivity index (χ4v) is 4.91. The van der Waals surface area contributed by atoms with Gasteiger partial charge in [0.05, 0.1) is 18.5 Å². The second-order valence-electron chi connectivity index (χ2n) is 6.43. The third-order valence-electron chi connectivity index (χ3n) is 5.74. The number of aliphatic hydroxyl groups is 3.